The van der Waals surface area contributed by atoms with Crippen molar-refractivity contribution in [3.8, 4) is 0 Å². The minimum absolute atomic E-state index is 0. The van der Waals surface area contributed by atoms with Crippen LogP contribution in [0, 0.1) is 0 Å². The van der Waals surface area contributed by atoms with Crippen molar-refractivity contribution in [3.05, 3.63) is 40.0 Å². The second kappa shape index (κ2) is 5.32. The molecule has 19 heavy (non-hydrogen) atoms. The molecule has 0 amide bonds. The maximum Gasteiger partial charge on any atom is -0.147 e. The summed E-state index contributed by atoms with van der Waals surface area (Å²) >= 11 is -3.32. The van der Waals surface area contributed by atoms with Gasteiger partial charge in [-0.3, -0.25) is 0 Å². The predicted octanol–water partition coefficient (Wildman–Crippen LogP) is 5.61. The van der Waals surface area contributed by atoms with Crippen molar-refractivity contribution < 1.29 is 13.6 Å². The van der Waals surface area contributed by atoms with E-state index in [2.05, 4.69) is 65.7 Å². The molecule has 0 bridgehead atoms. The molecule has 0 aliphatic heterocycles. The van der Waals surface area contributed by atoms with Crippen LogP contribution in [0.15, 0.2) is 40.0 Å². The average molecular weight is 356 g/mol. The van der Waals surface area contributed by atoms with E-state index in [-0.39, 0.29) is 24.8 Å². The molecule has 0 fully saturated rings. The molecule has 1 aromatic rings. The fraction of sp³-hybridized carbons (Fsp3) is 0.400. The Morgan fingerprint density at radius 2 is 1.79 bits per heavy atom. The summed E-state index contributed by atoms with van der Waals surface area (Å²) in [6.45, 7) is 4.71. The quantitative estimate of drug-likeness (QED) is 0.604. The van der Waals surface area contributed by atoms with Crippen molar-refractivity contribution in [2.75, 3.05) is 0 Å². The average Bonchev–Trinajstić information content (AvgIpc) is 2.92. The molecule has 1 unspecified atom stereocenters. The van der Waals surface area contributed by atoms with Crippen molar-refractivity contribution in [2.24, 2.45) is 0 Å². The van der Waals surface area contributed by atoms with E-state index < -0.39 is 13.6 Å². The molecule has 0 saturated heterocycles. The van der Waals surface area contributed by atoms with Crippen molar-refractivity contribution in [3.63, 3.8) is 0 Å². The maximum absolute atomic E-state index is 3.32. The summed E-state index contributed by atoms with van der Waals surface area (Å²) in [6, 6.07) is 4.65. The Kier molecular flexibility index (Phi) is 5.44. The molecule has 2 rings (SSSR count). The predicted molar refractivity (Wildman–Crippen MR) is 95.9 cm³/mol. The first-order chi connectivity index (χ1) is 7.72. The molecule has 1 aliphatic carbocycles. The van der Waals surface area contributed by atoms with Gasteiger partial charge in [0.05, 0.1) is 0 Å². The first-order valence-corrected chi connectivity index (χ1v) is 14.6. The SMILES string of the molecule is C[C](C)=[Ti]([CH3])([CH3])([CH3])([C]1=CC=CC1)[c]1ccc[pH]1.Cl.Cl. The molecule has 4 heteroatoms. The van der Waals surface area contributed by atoms with Gasteiger partial charge in [0.1, 0.15) is 0 Å². The fourth-order valence-corrected chi connectivity index (χ4v) is 15.1. The molecule has 0 saturated carbocycles. The molecular formula is C15H26Cl2PTi. The van der Waals surface area contributed by atoms with Crippen LogP contribution in [0.5, 0.6) is 0 Å². The number of allylic oxidation sites excluding steroid dienone is 4. The van der Waals surface area contributed by atoms with Crippen molar-refractivity contribution in [2.45, 2.75) is 36.0 Å². The Morgan fingerprint density at radius 3 is 2.16 bits per heavy atom. The van der Waals surface area contributed by atoms with E-state index >= 15 is 0 Å². The van der Waals surface area contributed by atoms with Gasteiger partial charge in [-0.15, -0.1) is 24.8 Å². The van der Waals surface area contributed by atoms with E-state index in [0.717, 1.165) is 14.6 Å². The third-order valence-electron chi connectivity index (χ3n) is 5.73. The Balaban J connectivity index is 0.00000162. The summed E-state index contributed by atoms with van der Waals surface area (Å²) in [4.78, 5) is 0. The van der Waals surface area contributed by atoms with E-state index in [1.54, 1.807) is 11.3 Å². The minimum Gasteiger partial charge on any atom is -0.147 e. The van der Waals surface area contributed by atoms with E-state index in [1.807, 2.05) is 0 Å². The fourth-order valence-electron chi connectivity index (χ4n) is 2.90. The van der Waals surface area contributed by atoms with Gasteiger partial charge in [0.25, 0.3) is 0 Å². The first kappa shape index (κ1) is 19.4. The molecular weight excluding hydrogens is 330 g/mol. The Bertz CT molecular complexity index is 595. The third-order valence-corrected chi connectivity index (χ3v) is 25.8. The standard InChI is InChI=1S/C5H5.C4H4P.C3H6.3CH3.2ClH.Ti/c2*1-2-4-5-3-1;1-3-2;;;;;;/h1-3H,4H2;1-3,5H;1-2H3;3*1H3;2*1H;. The van der Waals surface area contributed by atoms with Gasteiger partial charge in [-0.1, -0.05) is 0 Å². The van der Waals surface area contributed by atoms with Crippen molar-refractivity contribution in [1.29, 1.82) is 0 Å². The number of halogens is 2. The summed E-state index contributed by atoms with van der Waals surface area (Å²) in [5.41, 5.74) is 0. The number of hydrogen-bond acceptors (Lipinski definition) is 0. The number of rotatable bonds is 2. The first-order valence-electron chi connectivity index (χ1n) is 6.46. The van der Waals surface area contributed by atoms with Crippen LogP contribution in [0.25, 0.3) is 0 Å². The van der Waals surface area contributed by atoms with Gasteiger partial charge in [-0.2, -0.15) is 0 Å². The molecule has 1 aromatic heterocycles. The van der Waals surface area contributed by atoms with Crippen LogP contribution in [0.2, 0.25) is 15.7 Å². The second-order valence-corrected chi connectivity index (χ2v) is 25.8. The Morgan fingerprint density at radius 1 is 1.16 bits per heavy atom. The van der Waals surface area contributed by atoms with E-state index in [0.29, 0.717) is 0 Å². The number of hydrogen-bond donors (Lipinski definition) is 0. The van der Waals surface area contributed by atoms with Crippen LogP contribution in [-0.2, 0) is 13.6 Å². The van der Waals surface area contributed by atoms with E-state index in [4.69, 9.17) is 0 Å². The molecule has 1 aliphatic rings. The van der Waals surface area contributed by atoms with Crippen LogP contribution in [0.3, 0.4) is 0 Å². The van der Waals surface area contributed by atoms with Crippen LogP contribution < -0.4 is 3.60 Å². The van der Waals surface area contributed by atoms with Gasteiger partial charge < -0.3 is 0 Å². The molecule has 0 nitrogen and oxygen atoms in total. The van der Waals surface area contributed by atoms with Gasteiger partial charge in [0.2, 0.25) is 0 Å². The summed E-state index contributed by atoms with van der Waals surface area (Å²) < 4.78 is 5.08. The third kappa shape index (κ3) is 2.52. The molecule has 109 valence electrons. The largest absolute Gasteiger partial charge is 0.147 e. The molecule has 1 atom stereocenters. The normalized spacial score (nSPS) is 18.1. The van der Waals surface area contributed by atoms with E-state index in [1.165, 1.54) is 0 Å². The molecule has 0 spiro atoms. The summed E-state index contributed by atoms with van der Waals surface area (Å²) in [5, 5.41) is 7.79. The summed E-state index contributed by atoms with van der Waals surface area (Å²) in [7, 11) is 0.887. The van der Waals surface area contributed by atoms with Gasteiger partial charge >= 0.3 is 105 Å². The topological polar surface area (TPSA) is 0 Å². The zero-order chi connectivity index (χ0) is 12.8. The molecule has 0 aromatic carbocycles. The minimum atomic E-state index is -3.32. The monoisotopic (exact) mass is 355 g/mol. The van der Waals surface area contributed by atoms with Crippen LogP contribution in [-0.4, -0.2) is 3.81 Å². The van der Waals surface area contributed by atoms with E-state index in [9.17, 15) is 0 Å². The van der Waals surface area contributed by atoms with Crippen molar-refractivity contribution >= 4 is 40.4 Å². The molecule has 0 N–H and O–H groups in total. The molecule has 0 radical (unpaired) electrons. The van der Waals surface area contributed by atoms with Gasteiger partial charge in [-0.05, 0) is 0 Å². The maximum atomic E-state index is 2.60. The van der Waals surface area contributed by atoms with Gasteiger partial charge in [0, 0.05) is 0 Å². The van der Waals surface area contributed by atoms with Gasteiger partial charge in [0.15, 0.2) is 0 Å². The summed E-state index contributed by atoms with van der Waals surface area (Å²) in [6.07, 6.45) is 8.09. The second-order valence-electron chi connectivity index (χ2n) is 7.53. The Hall–Kier alpha value is 0.424. The van der Waals surface area contributed by atoms with Gasteiger partial charge in [-0.25, -0.2) is 0 Å². The zero-order valence-corrected chi connectivity index (χ0v) is 16.7. The van der Waals surface area contributed by atoms with Crippen molar-refractivity contribution in [1.82, 2.24) is 0 Å². The van der Waals surface area contributed by atoms with Crippen LogP contribution in [0.1, 0.15) is 20.3 Å². The van der Waals surface area contributed by atoms with Crippen LogP contribution in [0.4, 0.5) is 0 Å². The Labute approximate surface area is 129 Å². The zero-order valence-electron chi connectivity index (χ0n) is 12.5. The van der Waals surface area contributed by atoms with Crippen LogP contribution >= 0.6 is 33.0 Å². The smallest absolute Gasteiger partial charge is 0.147 e. The molecule has 1 heterocycles. The summed E-state index contributed by atoms with van der Waals surface area (Å²) in [5.74, 6) is 2.33.